The first kappa shape index (κ1) is 30.0. The van der Waals surface area contributed by atoms with Crippen LogP contribution < -0.4 is 11.1 Å². The number of Topliss-reactive ketones (excluding diaryl/α,β-unsaturated/α-hetero) is 2. The maximum atomic E-state index is 13.5. The van der Waals surface area contributed by atoms with Crippen molar-refractivity contribution in [2.75, 3.05) is 19.8 Å². The van der Waals surface area contributed by atoms with Crippen LogP contribution in [0.2, 0.25) is 0 Å². The maximum Gasteiger partial charge on any atom is 0.306 e. The highest BCUT2D eigenvalue weighted by molar-refractivity contribution is 5.94. The molecule has 0 spiro atoms. The van der Waals surface area contributed by atoms with E-state index in [1.807, 2.05) is 44.2 Å². The van der Waals surface area contributed by atoms with Gasteiger partial charge in [0.1, 0.15) is 13.3 Å². The van der Waals surface area contributed by atoms with Crippen LogP contribution in [0.15, 0.2) is 42.7 Å². The van der Waals surface area contributed by atoms with Crippen molar-refractivity contribution < 1.29 is 28.3 Å². The van der Waals surface area contributed by atoms with Gasteiger partial charge in [-0.15, -0.1) is 0 Å². The van der Waals surface area contributed by atoms with Crippen molar-refractivity contribution in [2.24, 2.45) is 23.5 Å². The van der Waals surface area contributed by atoms with Crippen molar-refractivity contribution in [3.8, 4) is 0 Å². The molecule has 1 amide bonds. The highest BCUT2D eigenvalue weighted by Gasteiger charge is 2.39. The van der Waals surface area contributed by atoms with Gasteiger partial charge in [-0.05, 0) is 37.2 Å². The molecule has 0 aromatic heterocycles. The fourth-order valence-corrected chi connectivity index (χ4v) is 4.63. The number of rotatable bonds is 16. The van der Waals surface area contributed by atoms with E-state index < -0.39 is 36.3 Å². The summed E-state index contributed by atoms with van der Waals surface area (Å²) in [6, 6.07) is 8.61. The lowest BCUT2D eigenvalue weighted by atomic mass is 9.88. The molecule has 1 aromatic carbocycles. The van der Waals surface area contributed by atoms with Crippen molar-refractivity contribution >= 4 is 23.4 Å². The quantitative estimate of drug-likeness (QED) is 0.255. The van der Waals surface area contributed by atoms with Crippen molar-refractivity contribution in [3.05, 3.63) is 48.3 Å². The van der Waals surface area contributed by atoms with Gasteiger partial charge >= 0.3 is 5.97 Å². The van der Waals surface area contributed by atoms with E-state index in [-0.39, 0.29) is 37.1 Å². The number of nitrogens with zero attached hydrogens (tertiary/aromatic N) is 1. The lowest BCUT2D eigenvalue weighted by molar-refractivity contribution is -0.152. The van der Waals surface area contributed by atoms with Gasteiger partial charge in [-0.3, -0.25) is 19.2 Å². The van der Waals surface area contributed by atoms with E-state index in [0.29, 0.717) is 44.6 Å². The molecule has 1 heterocycles. The number of benzene rings is 1. The van der Waals surface area contributed by atoms with Gasteiger partial charge < -0.3 is 20.7 Å². The molecule has 2 rings (SSSR count). The van der Waals surface area contributed by atoms with E-state index in [0.717, 1.165) is 5.56 Å². The molecule has 1 aliphatic heterocycles. The van der Waals surface area contributed by atoms with E-state index in [1.165, 1.54) is 4.90 Å². The number of ketones is 2. The molecule has 1 fully saturated rings. The summed E-state index contributed by atoms with van der Waals surface area (Å²) in [6.07, 6.45) is 1.79. The zero-order valence-electron chi connectivity index (χ0n) is 21.9. The molecule has 9 heteroatoms. The molecular formula is C28H40FN3O5. The van der Waals surface area contributed by atoms with Gasteiger partial charge in [-0.25, -0.2) is 4.39 Å². The summed E-state index contributed by atoms with van der Waals surface area (Å²) < 4.78 is 18.6. The Hall–Kier alpha value is -3.23. The fraction of sp³-hybridized carbons (Fsp3) is 0.571. The standard InChI is InChI=1S/C28H40FN3O5/c1-19(2)23(16-27(35)37-18-21-9-5-4-6-10-21)28(36)32-14-8-12-24(32)25(33)15-22(26(34)17-29)11-7-13-31-20(3)30/h4-6,9-10,19,22-24,31H,3,7-8,11-18,30H2,1-2H3/t22-,23-,24-/m0/s1. The first-order valence-corrected chi connectivity index (χ1v) is 12.9. The molecule has 1 aromatic rings. The van der Waals surface area contributed by atoms with Crippen LogP contribution in [0.1, 0.15) is 57.9 Å². The molecule has 0 saturated carbocycles. The normalized spacial score (nSPS) is 16.8. The van der Waals surface area contributed by atoms with Gasteiger partial charge in [-0.1, -0.05) is 50.8 Å². The third-order valence-electron chi connectivity index (χ3n) is 6.77. The fourth-order valence-electron chi connectivity index (χ4n) is 4.63. The Morgan fingerprint density at radius 1 is 1.19 bits per heavy atom. The van der Waals surface area contributed by atoms with Gasteiger partial charge in [0.2, 0.25) is 5.91 Å². The van der Waals surface area contributed by atoms with Crippen LogP contribution in [-0.2, 0) is 30.5 Å². The number of esters is 1. The van der Waals surface area contributed by atoms with Crippen molar-refractivity contribution in [3.63, 3.8) is 0 Å². The Bertz CT molecular complexity index is 937. The Kier molecular flexibility index (Phi) is 12.3. The van der Waals surface area contributed by atoms with Gasteiger partial charge in [0.15, 0.2) is 11.6 Å². The van der Waals surface area contributed by atoms with Gasteiger partial charge in [0.25, 0.3) is 0 Å². The van der Waals surface area contributed by atoms with E-state index >= 15 is 0 Å². The maximum absolute atomic E-state index is 13.5. The Morgan fingerprint density at radius 3 is 2.51 bits per heavy atom. The Morgan fingerprint density at radius 2 is 1.89 bits per heavy atom. The van der Waals surface area contributed by atoms with Gasteiger partial charge in [0.05, 0.1) is 24.2 Å². The predicted molar refractivity (Wildman–Crippen MR) is 139 cm³/mol. The molecular weight excluding hydrogens is 477 g/mol. The number of ether oxygens (including phenoxy) is 1. The zero-order chi connectivity index (χ0) is 27.4. The summed E-state index contributed by atoms with van der Waals surface area (Å²) in [6.45, 7) is 7.12. The second-order valence-electron chi connectivity index (χ2n) is 9.95. The highest BCUT2D eigenvalue weighted by Crippen LogP contribution is 2.28. The lowest BCUT2D eigenvalue weighted by Gasteiger charge is -2.30. The van der Waals surface area contributed by atoms with Crippen LogP contribution >= 0.6 is 0 Å². The van der Waals surface area contributed by atoms with Crippen molar-refractivity contribution in [1.82, 2.24) is 10.2 Å². The number of hydrogen-bond acceptors (Lipinski definition) is 7. The van der Waals surface area contributed by atoms with Crippen LogP contribution in [0.5, 0.6) is 0 Å². The van der Waals surface area contributed by atoms with E-state index in [4.69, 9.17) is 10.5 Å². The Labute approximate surface area is 218 Å². The number of carbonyl (C=O) groups excluding carboxylic acids is 4. The second-order valence-corrected chi connectivity index (χ2v) is 9.95. The first-order chi connectivity index (χ1) is 17.6. The highest BCUT2D eigenvalue weighted by atomic mass is 19.1. The number of halogens is 1. The summed E-state index contributed by atoms with van der Waals surface area (Å²) in [5.74, 6) is -2.82. The van der Waals surface area contributed by atoms with Crippen LogP contribution in [0, 0.1) is 17.8 Å². The molecule has 1 aliphatic rings. The summed E-state index contributed by atoms with van der Waals surface area (Å²) in [7, 11) is 0. The third kappa shape index (κ3) is 9.63. The average molecular weight is 518 g/mol. The summed E-state index contributed by atoms with van der Waals surface area (Å²) >= 11 is 0. The predicted octanol–water partition coefficient (Wildman–Crippen LogP) is 3.30. The lowest BCUT2D eigenvalue weighted by Crippen LogP contribution is -2.46. The molecule has 0 radical (unpaired) electrons. The molecule has 37 heavy (non-hydrogen) atoms. The smallest absolute Gasteiger partial charge is 0.306 e. The van der Waals surface area contributed by atoms with E-state index in [9.17, 15) is 23.6 Å². The minimum Gasteiger partial charge on any atom is -0.461 e. The first-order valence-electron chi connectivity index (χ1n) is 12.9. The van der Waals surface area contributed by atoms with E-state index in [2.05, 4.69) is 11.9 Å². The third-order valence-corrected chi connectivity index (χ3v) is 6.77. The van der Waals surface area contributed by atoms with E-state index in [1.54, 1.807) is 0 Å². The molecule has 0 bridgehead atoms. The Balaban J connectivity index is 2.00. The minimum absolute atomic E-state index is 0.0802. The van der Waals surface area contributed by atoms with Gasteiger partial charge in [0, 0.05) is 25.4 Å². The van der Waals surface area contributed by atoms with Crippen LogP contribution in [0.3, 0.4) is 0 Å². The SMILES string of the molecule is C=C(N)NCCC[C@@H](CC(=O)[C@@H]1CCCN1C(=O)[C@@H](CC(=O)OCc1ccccc1)C(C)C)C(=O)CF. The topological polar surface area (TPSA) is 119 Å². The largest absolute Gasteiger partial charge is 0.461 e. The summed E-state index contributed by atoms with van der Waals surface area (Å²) in [5, 5.41) is 2.85. The van der Waals surface area contributed by atoms with Crippen LogP contribution in [0.4, 0.5) is 4.39 Å². The van der Waals surface area contributed by atoms with Crippen LogP contribution in [-0.4, -0.2) is 54.1 Å². The average Bonchev–Trinajstić information content (AvgIpc) is 3.37. The minimum atomic E-state index is -1.14. The molecule has 0 unspecified atom stereocenters. The zero-order valence-corrected chi connectivity index (χ0v) is 21.9. The monoisotopic (exact) mass is 517 g/mol. The van der Waals surface area contributed by atoms with Crippen molar-refractivity contribution in [1.29, 1.82) is 0 Å². The second kappa shape index (κ2) is 15.1. The molecule has 0 aliphatic carbocycles. The molecule has 3 N–H and O–H groups in total. The number of nitrogens with one attached hydrogen (secondary N) is 1. The molecule has 3 atom stereocenters. The van der Waals surface area contributed by atoms with Crippen LogP contribution in [0.25, 0.3) is 0 Å². The summed E-state index contributed by atoms with van der Waals surface area (Å²) in [4.78, 5) is 52.9. The number of hydrogen-bond donors (Lipinski definition) is 2. The number of amides is 1. The molecule has 1 saturated heterocycles. The number of likely N-dealkylation sites (tertiary alicyclic amines) is 1. The number of nitrogens with two attached hydrogens (primary N) is 1. The number of alkyl halides is 1. The summed E-state index contributed by atoms with van der Waals surface area (Å²) in [5.41, 5.74) is 6.32. The van der Waals surface area contributed by atoms with Gasteiger partial charge in [-0.2, -0.15) is 0 Å². The molecule has 8 nitrogen and oxygen atoms in total. The van der Waals surface area contributed by atoms with Crippen molar-refractivity contribution in [2.45, 2.75) is 65.0 Å². The number of carbonyl (C=O) groups is 4. The molecule has 204 valence electrons.